The van der Waals surface area contributed by atoms with E-state index >= 15 is 0 Å². The molecule has 2 aromatic carbocycles. The molecule has 1 heterocycles. The number of nitrogens with two attached hydrogens (primary N) is 1. The number of carbonyl (C=O) groups excluding carboxylic acids is 1. The number of hydrogen-bond donors (Lipinski definition) is 2. The normalized spacial score (nSPS) is 16.3. The van der Waals surface area contributed by atoms with E-state index in [0.717, 1.165) is 23.1 Å². The van der Waals surface area contributed by atoms with Gasteiger partial charge in [-0.3, -0.25) is 9.69 Å². The van der Waals surface area contributed by atoms with Gasteiger partial charge in [0, 0.05) is 23.5 Å². The van der Waals surface area contributed by atoms with E-state index in [2.05, 4.69) is 0 Å². The van der Waals surface area contributed by atoms with Gasteiger partial charge in [-0.15, -0.1) is 11.8 Å². The summed E-state index contributed by atoms with van der Waals surface area (Å²) >= 11 is 1.64. The standard InChI is InChI=1S/C20H22F3N3O2S/c1-25(19(28)20(21,22)23)17(24)13-5-6-14-11-26(18(27)16(14)9-13)10-12-3-7-15(29-2)8-4-12/h3-9,17,19,28H,10-11,24H2,1-2H3. The van der Waals surface area contributed by atoms with E-state index in [-0.39, 0.29) is 5.91 Å². The molecule has 0 spiro atoms. The van der Waals surface area contributed by atoms with Crippen molar-refractivity contribution in [1.82, 2.24) is 9.80 Å². The lowest BCUT2D eigenvalue weighted by atomic mass is 10.0. The third kappa shape index (κ3) is 4.58. The fourth-order valence-corrected chi connectivity index (χ4v) is 3.67. The van der Waals surface area contributed by atoms with Crippen LogP contribution in [0.15, 0.2) is 47.4 Å². The molecule has 0 aromatic heterocycles. The van der Waals surface area contributed by atoms with Gasteiger partial charge in [-0.05, 0) is 48.2 Å². The molecule has 29 heavy (non-hydrogen) atoms. The highest BCUT2D eigenvalue weighted by Crippen LogP contribution is 2.30. The number of hydrogen-bond acceptors (Lipinski definition) is 5. The zero-order valence-electron chi connectivity index (χ0n) is 16.0. The van der Waals surface area contributed by atoms with Crippen molar-refractivity contribution in [2.24, 2.45) is 5.73 Å². The van der Waals surface area contributed by atoms with Crippen molar-refractivity contribution in [1.29, 1.82) is 0 Å². The Morgan fingerprint density at radius 1 is 1.24 bits per heavy atom. The van der Waals surface area contributed by atoms with Crippen LogP contribution in [0.25, 0.3) is 0 Å². The molecule has 2 aromatic rings. The average Bonchev–Trinajstić information content (AvgIpc) is 3.01. The predicted octanol–water partition coefficient (Wildman–Crippen LogP) is 3.33. The fourth-order valence-electron chi connectivity index (χ4n) is 3.26. The van der Waals surface area contributed by atoms with Gasteiger partial charge < -0.3 is 15.7 Å². The Balaban J connectivity index is 1.75. The van der Waals surface area contributed by atoms with E-state index in [4.69, 9.17) is 5.73 Å². The third-order valence-corrected chi connectivity index (χ3v) is 5.75. The largest absolute Gasteiger partial charge is 0.428 e. The minimum absolute atomic E-state index is 0.193. The number of rotatable bonds is 6. The van der Waals surface area contributed by atoms with E-state index in [0.29, 0.717) is 29.1 Å². The van der Waals surface area contributed by atoms with Crippen molar-refractivity contribution in [3.63, 3.8) is 0 Å². The Labute approximate surface area is 171 Å². The van der Waals surface area contributed by atoms with E-state index in [9.17, 15) is 23.1 Å². The lowest BCUT2D eigenvalue weighted by Gasteiger charge is -2.30. The van der Waals surface area contributed by atoms with Crippen LogP contribution in [0.2, 0.25) is 0 Å². The topological polar surface area (TPSA) is 69.8 Å². The van der Waals surface area contributed by atoms with Gasteiger partial charge in [0.1, 0.15) is 0 Å². The monoisotopic (exact) mass is 425 g/mol. The van der Waals surface area contributed by atoms with Crippen LogP contribution in [0.5, 0.6) is 0 Å². The van der Waals surface area contributed by atoms with Gasteiger partial charge in [-0.25, -0.2) is 0 Å². The molecule has 0 fully saturated rings. The summed E-state index contributed by atoms with van der Waals surface area (Å²) in [5.41, 5.74) is 8.44. The summed E-state index contributed by atoms with van der Waals surface area (Å²) < 4.78 is 38.3. The van der Waals surface area contributed by atoms with Crippen molar-refractivity contribution < 1.29 is 23.1 Å². The Morgan fingerprint density at radius 3 is 2.48 bits per heavy atom. The molecule has 0 bridgehead atoms. The van der Waals surface area contributed by atoms with Gasteiger partial charge in [0.25, 0.3) is 5.91 Å². The first-order valence-electron chi connectivity index (χ1n) is 8.89. The smallest absolute Gasteiger partial charge is 0.370 e. The number of nitrogens with zero attached hydrogens (tertiary/aromatic N) is 2. The predicted molar refractivity (Wildman–Crippen MR) is 105 cm³/mol. The Hall–Kier alpha value is -2.07. The second-order valence-electron chi connectivity index (χ2n) is 6.95. The molecule has 1 amide bonds. The Morgan fingerprint density at radius 2 is 1.90 bits per heavy atom. The second-order valence-corrected chi connectivity index (χ2v) is 7.83. The van der Waals surface area contributed by atoms with Gasteiger partial charge in [0.2, 0.25) is 6.23 Å². The zero-order valence-corrected chi connectivity index (χ0v) is 16.8. The van der Waals surface area contributed by atoms with Crippen molar-refractivity contribution in [3.8, 4) is 0 Å². The number of alkyl halides is 3. The van der Waals surface area contributed by atoms with Crippen molar-refractivity contribution in [3.05, 3.63) is 64.7 Å². The molecule has 0 saturated heterocycles. The maximum atomic E-state index is 12.8. The van der Waals surface area contributed by atoms with Crippen molar-refractivity contribution in [2.75, 3.05) is 13.3 Å². The van der Waals surface area contributed by atoms with E-state index in [1.165, 1.54) is 6.07 Å². The van der Waals surface area contributed by atoms with Crippen molar-refractivity contribution in [2.45, 2.75) is 36.6 Å². The highest BCUT2D eigenvalue weighted by Gasteiger charge is 2.43. The Bertz CT molecular complexity index is 890. The van der Waals surface area contributed by atoms with E-state index in [1.807, 2.05) is 30.5 Å². The first-order chi connectivity index (χ1) is 13.6. The molecule has 0 aliphatic carbocycles. The number of aliphatic hydroxyl groups is 1. The third-order valence-electron chi connectivity index (χ3n) is 5.00. The summed E-state index contributed by atoms with van der Waals surface area (Å²) in [6.45, 7) is 0.866. The first kappa shape index (κ1) is 21.6. The maximum absolute atomic E-state index is 12.8. The van der Waals surface area contributed by atoms with Crippen LogP contribution in [0, 0.1) is 0 Å². The molecule has 0 saturated carbocycles. The molecule has 0 radical (unpaired) electrons. The van der Waals surface area contributed by atoms with Crippen LogP contribution in [0.4, 0.5) is 13.2 Å². The zero-order chi connectivity index (χ0) is 21.3. The number of amides is 1. The SMILES string of the molecule is CSc1ccc(CN2Cc3ccc(C(N)N(C)C(O)C(F)(F)F)cc3C2=O)cc1. The van der Waals surface area contributed by atoms with Crippen LogP contribution in [-0.2, 0) is 13.1 Å². The minimum atomic E-state index is -4.82. The molecule has 1 aliphatic rings. The molecule has 9 heteroatoms. The van der Waals surface area contributed by atoms with Crippen LogP contribution < -0.4 is 5.73 Å². The summed E-state index contributed by atoms with van der Waals surface area (Å²) in [4.78, 5) is 16.2. The number of aliphatic hydroxyl groups excluding tert-OH is 1. The minimum Gasteiger partial charge on any atom is -0.370 e. The van der Waals surface area contributed by atoms with Crippen LogP contribution in [-0.4, -0.2) is 46.5 Å². The van der Waals surface area contributed by atoms with Crippen LogP contribution >= 0.6 is 11.8 Å². The molecule has 1 aliphatic heterocycles. The average molecular weight is 425 g/mol. The quantitative estimate of drug-likeness (QED) is 0.549. The van der Waals surface area contributed by atoms with E-state index < -0.39 is 18.6 Å². The molecule has 2 unspecified atom stereocenters. The van der Waals surface area contributed by atoms with Gasteiger partial charge in [0.05, 0.1) is 6.17 Å². The first-order valence-corrected chi connectivity index (χ1v) is 10.1. The number of carbonyl (C=O) groups is 1. The molecule has 156 valence electrons. The van der Waals surface area contributed by atoms with Crippen LogP contribution in [0.3, 0.4) is 0 Å². The summed E-state index contributed by atoms with van der Waals surface area (Å²) in [5, 5.41) is 9.42. The summed E-state index contributed by atoms with van der Waals surface area (Å²) in [6, 6.07) is 12.7. The lowest BCUT2D eigenvalue weighted by Crippen LogP contribution is -2.47. The van der Waals surface area contributed by atoms with Gasteiger partial charge in [-0.1, -0.05) is 24.3 Å². The van der Waals surface area contributed by atoms with Gasteiger partial charge >= 0.3 is 6.18 Å². The lowest BCUT2D eigenvalue weighted by molar-refractivity contribution is -0.252. The number of thioether (sulfide) groups is 1. The molecular weight excluding hydrogens is 403 g/mol. The van der Waals surface area contributed by atoms with Crippen LogP contribution in [0.1, 0.15) is 33.2 Å². The number of benzene rings is 2. The summed E-state index contributed by atoms with van der Waals surface area (Å²) in [6.07, 6.45) is -6.73. The maximum Gasteiger partial charge on any atom is 0.428 e. The second kappa shape index (κ2) is 8.35. The molecule has 3 N–H and O–H groups in total. The number of halogens is 3. The highest BCUT2D eigenvalue weighted by atomic mass is 32.2. The molecule has 3 rings (SSSR count). The van der Waals surface area contributed by atoms with Gasteiger partial charge in [-0.2, -0.15) is 13.2 Å². The molecular formula is C20H22F3N3O2S. The summed E-state index contributed by atoms with van der Waals surface area (Å²) in [7, 11) is 1.09. The number of fused-ring (bicyclic) bond motifs is 1. The summed E-state index contributed by atoms with van der Waals surface area (Å²) in [5.74, 6) is -0.193. The fraction of sp³-hybridized carbons (Fsp3) is 0.350. The van der Waals surface area contributed by atoms with Gasteiger partial charge in [0.15, 0.2) is 0 Å². The Kier molecular flexibility index (Phi) is 6.23. The molecule has 2 atom stereocenters. The molecule has 5 nitrogen and oxygen atoms in total. The van der Waals surface area contributed by atoms with Crippen molar-refractivity contribution >= 4 is 17.7 Å². The van der Waals surface area contributed by atoms with E-state index in [1.54, 1.807) is 28.8 Å². The highest BCUT2D eigenvalue weighted by molar-refractivity contribution is 7.98.